The van der Waals surface area contributed by atoms with E-state index in [0.29, 0.717) is 0 Å². The van der Waals surface area contributed by atoms with Crippen LogP contribution in [0, 0.1) is 0 Å². The maximum atomic E-state index is 12.2. The molecule has 0 aromatic carbocycles. The van der Waals surface area contributed by atoms with Crippen molar-refractivity contribution in [1.82, 2.24) is 5.32 Å². The van der Waals surface area contributed by atoms with Gasteiger partial charge in [0, 0.05) is 74.3 Å². The van der Waals surface area contributed by atoms with Gasteiger partial charge in [-0.05, 0) is 0 Å². The SMILES string of the molecule is CC(=O)NC1C(OC(C)=O)O[C@H](CO)[C@@H](O[C@@H]2OC(COS(=O)(=O)[O-])[C@H](OC(C)=O)[C@H](OC(C)=O)C2OC(C)=O)C1OC(C)=O.[Na+].[Y]. The topological polar surface area (TPSA) is 275 Å². The molecule has 0 saturated carbocycles. The van der Waals surface area contributed by atoms with E-state index in [4.69, 9.17) is 37.9 Å². The van der Waals surface area contributed by atoms with Gasteiger partial charge in [0.25, 0.3) is 0 Å². The molecule has 2 fully saturated rings. The summed E-state index contributed by atoms with van der Waals surface area (Å²) in [6.07, 6.45) is -15.5. The molecule has 2 aliphatic heterocycles. The minimum atomic E-state index is -5.36. The largest absolute Gasteiger partial charge is 1.00 e. The fourth-order valence-electron chi connectivity index (χ4n) is 4.60. The molecular weight excluding hydrogens is 750 g/mol. The van der Waals surface area contributed by atoms with Crippen LogP contribution in [0.5, 0.6) is 0 Å². The Morgan fingerprint density at radius 3 is 1.57 bits per heavy atom. The van der Waals surface area contributed by atoms with E-state index < -0.39 is 121 Å². The second-order valence-electron chi connectivity index (χ2n) is 9.69. The summed E-state index contributed by atoms with van der Waals surface area (Å²) in [6.45, 7) is 3.88. The Hall–Kier alpha value is -1.37. The molecule has 0 bridgehead atoms. The Labute approximate surface area is 316 Å². The third kappa shape index (κ3) is 14.6. The summed E-state index contributed by atoms with van der Waals surface area (Å²) in [5, 5.41) is 12.6. The smallest absolute Gasteiger partial charge is 0.726 e. The van der Waals surface area contributed by atoms with E-state index in [1.165, 1.54) is 0 Å². The normalized spacial score (nSPS) is 30.2. The molecule has 259 valence electrons. The Balaban J connectivity index is 0.0000106. The number of aliphatic hydroxyl groups excluding tert-OH is 1. The van der Waals surface area contributed by atoms with Gasteiger partial charge < -0.3 is 52.9 Å². The molecule has 1 amide bonds. The first kappa shape index (κ1) is 45.6. The Morgan fingerprint density at radius 1 is 0.681 bits per heavy atom. The predicted octanol–water partition coefficient (Wildman–Crippen LogP) is -5.91. The van der Waals surface area contributed by atoms with Crippen LogP contribution in [0.4, 0.5) is 0 Å². The molecule has 20 nitrogen and oxygen atoms in total. The molecule has 0 spiro atoms. The van der Waals surface area contributed by atoms with E-state index in [9.17, 15) is 46.8 Å². The summed E-state index contributed by atoms with van der Waals surface area (Å²) in [5.74, 6) is -5.54. The van der Waals surface area contributed by atoms with E-state index in [0.717, 1.165) is 41.5 Å². The van der Waals surface area contributed by atoms with Crippen LogP contribution in [0.25, 0.3) is 0 Å². The van der Waals surface area contributed by atoms with Gasteiger partial charge in [-0.15, -0.1) is 0 Å². The molecule has 2 N–H and O–H groups in total. The van der Waals surface area contributed by atoms with Crippen molar-refractivity contribution in [2.45, 2.75) is 103 Å². The van der Waals surface area contributed by atoms with Gasteiger partial charge in [-0.25, -0.2) is 8.42 Å². The molecule has 1 radical (unpaired) electrons. The van der Waals surface area contributed by atoms with Crippen LogP contribution >= 0.6 is 0 Å². The van der Waals surface area contributed by atoms with E-state index in [1.807, 2.05) is 0 Å². The second kappa shape index (κ2) is 20.3. The number of carbonyl (C=O) groups excluding carboxylic acids is 6. The number of ether oxygens (including phenoxy) is 8. The van der Waals surface area contributed by atoms with Crippen molar-refractivity contribution in [1.29, 1.82) is 0 Å². The van der Waals surface area contributed by atoms with Gasteiger partial charge in [0.2, 0.25) is 22.6 Å². The number of hydrogen-bond acceptors (Lipinski definition) is 19. The summed E-state index contributed by atoms with van der Waals surface area (Å²) in [4.78, 5) is 72.1. The Kier molecular flexibility index (Phi) is 19.8. The first-order valence-corrected chi connectivity index (χ1v) is 14.5. The van der Waals surface area contributed by atoms with Crippen molar-refractivity contribution in [3.05, 3.63) is 0 Å². The van der Waals surface area contributed by atoms with E-state index in [-0.39, 0.29) is 62.3 Å². The molecular formula is C24H34NNaO19SY. The molecule has 23 heteroatoms. The number of aliphatic hydroxyl groups is 1. The summed E-state index contributed by atoms with van der Waals surface area (Å²) >= 11 is 0. The van der Waals surface area contributed by atoms with Crippen LogP contribution in [0.15, 0.2) is 0 Å². The molecule has 0 aromatic heterocycles. The summed E-state index contributed by atoms with van der Waals surface area (Å²) in [7, 11) is -5.36. The second-order valence-corrected chi connectivity index (χ2v) is 10.7. The zero-order valence-electron chi connectivity index (χ0n) is 26.5. The number of nitrogens with one attached hydrogen (secondary N) is 1. The molecule has 2 heterocycles. The molecule has 2 rings (SSSR count). The molecule has 2 aliphatic rings. The Morgan fingerprint density at radius 2 is 1.13 bits per heavy atom. The zero-order valence-corrected chi connectivity index (χ0v) is 32.1. The molecule has 0 aliphatic carbocycles. The van der Waals surface area contributed by atoms with Crippen molar-refractivity contribution < 1.29 is 151 Å². The van der Waals surface area contributed by atoms with Crippen molar-refractivity contribution >= 4 is 46.2 Å². The molecule has 10 atom stereocenters. The van der Waals surface area contributed by atoms with Crippen LogP contribution in [0.1, 0.15) is 41.5 Å². The predicted molar refractivity (Wildman–Crippen MR) is 137 cm³/mol. The molecule has 0 aromatic rings. The first-order chi connectivity index (χ1) is 20.8. The third-order valence-corrected chi connectivity index (χ3v) is 6.37. The van der Waals surface area contributed by atoms with Gasteiger partial charge in [-0.2, -0.15) is 0 Å². The fraction of sp³-hybridized carbons (Fsp3) is 0.750. The molecule has 2 saturated heterocycles. The summed E-state index contributed by atoms with van der Waals surface area (Å²) in [6, 6.07) is -1.47. The quantitative estimate of drug-likeness (QED) is 0.0613. The summed E-state index contributed by atoms with van der Waals surface area (Å²) in [5.41, 5.74) is 0. The van der Waals surface area contributed by atoms with Crippen molar-refractivity contribution in [3.63, 3.8) is 0 Å². The fourth-order valence-corrected chi connectivity index (χ4v) is 4.90. The number of amides is 1. The maximum absolute atomic E-state index is 12.2. The molecule has 47 heavy (non-hydrogen) atoms. The van der Waals surface area contributed by atoms with Crippen molar-refractivity contribution in [2.75, 3.05) is 13.2 Å². The third-order valence-electron chi connectivity index (χ3n) is 5.95. The van der Waals surface area contributed by atoms with Gasteiger partial charge >= 0.3 is 59.4 Å². The number of hydrogen-bond donors (Lipinski definition) is 2. The summed E-state index contributed by atoms with van der Waals surface area (Å²) < 4.78 is 81.6. The number of esters is 5. The van der Waals surface area contributed by atoms with Crippen LogP contribution in [-0.2, 0) is 114 Å². The van der Waals surface area contributed by atoms with Crippen LogP contribution < -0.4 is 34.9 Å². The standard InChI is InChI=1S/C24H35NO19S.Na.Y/c1-9(27)25-17-20(38-11(3)29)18(15(7-26)42-23(17)41-14(6)32)44-24-22(40-13(5)31)21(39-12(4)30)19(37-10(2)28)16(43-24)8-36-45(33,34)35;;/h15-24,26H,7-8H2,1-6H3,(H,25,27)(H,33,34,35);;/q;+1;/p-1/t15-,16?,17?,18-,19+,20?,21+,22?,23?,24+;;/m1../s1. The average Bonchev–Trinajstić information content (AvgIpc) is 2.87. The van der Waals surface area contributed by atoms with Crippen LogP contribution in [0.3, 0.4) is 0 Å². The average molecular weight is 784 g/mol. The molecule has 5 unspecified atom stereocenters. The van der Waals surface area contributed by atoms with Crippen LogP contribution in [0.2, 0.25) is 0 Å². The van der Waals surface area contributed by atoms with Gasteiger partial charge in [0.05, 0.1) is 13.2 Å². The van der Waals surface area contributed by atoms with Gasteiger partial charge in [-0.1, -0.05) is 0 Å². The minimum Gasteiger partial charge on any atom is -0.726 e. The van der Waals surface area contributed by atoms with Gasteiger partial charge in [-0.3, -0.25) is 33.0 Å². The monoisotopic (exact) mass is 784 g/mol. The number of carbonyl (C=O) groups is 6. The van der Waals surface area contributed by atoms with Gasteiger partial charge in [0.15, 0.2) is 30.7 Å². The van der Waals surface area contributed by atoms with E-state index >= 15 is 0 Å². The minimum absolute atomic E-state index is 0. The van der Waals surface area contributed by atoms with E-state index in [1.54, 1.807) is 0 Å². The van der Waals surface area contributed by atoms with E-state index in [2.05, 4.69) is 9.50 Å². The van der Waals surface area contributed by atoms with Crippen molar-refractivity contribution in [3.8, 4) is 0 Å². The maximum Gasteiger partial charge on any atom is 1.00 e. The number of rotatable bonds is 12. The first-order valence-electron chi connectivity index (χ1n) is 13.1. The van der Waals surface area contributed by atoms with Crippen LogP contribution in [-0.4, -0.2) is 128 Å². The Bertz CT molecular complexity index is 1240. The zero-order chi connectivity index (χ0) is 34.2. The van der Waals surface area contributed by atoms with Crippen molar-refractivity contribution in [2.24, 2.45) is 0 Å². The van der Waals surface area contributed by atoms with Gasteiger partial charge in [0.1, 0.15) is 24.4 Å².